The van der Waals surface area contributed by atoms with Gasteiger partial charge in [-0.3, -0.25) is 19.7 Å². The molecule has 11 heteroatoms. The van der Waals surface area contributed by atoms with E-state index in [1.54, 1.807) is 0 Å². The number of nitro groups is 1. The van der Waals surface area contributed by atoms with Crippen molar-refractivity contribution >= 4 is 33.2 Å². The number of nitrogens with zero attached hydrogens (tertiary/aromatic N) is 2. The number of anilines is 1. The number of hydrogen-bond donors (Lipinski definition) is 2. The van der Waals surface area contributed by atoms with Crippen LogP contribution >= 0.6 is 0 Å². The molecule has 0 aromatic heterocycles. The second-order valence-corrected chi connectivity index (χ2v) is 9.24. The van der Waals surface area contributed by atoms with E-state index < -0.39 is 26.8 Å². The van der Waals surface area contributed by atoms with Crippen LogP contribution in [0.15, 0.2) is 24.3 Å². The first-order valence-corrected chi connectivity index (χ1v) is 10.6. The molecule has 1 saturated heterocycles. The molecular formula is C17H22N4O6S. The minimum absolute atomic E-state index is 0.0498. The van der Waals surface area contributed by atoms with Gasteiger partial charge in [0.05, 0.1) is 10.2 Å². The van der Waals surface area contributed by atoms with Gasteiger partial charge in [-0.25, -0.2) is 12.7 Å². The maximum absolute atomic E-state index is 12.2. The Bertz CT molecular complexity index is 875. The fourth-order valence-corrected chi connectivity index (χ4v) is 5.05. The summed E-state index contributed by atoms with van der Waals surface area (Å²) in [5.41, 5.74) is -0.348. The highest BCUT2D eigenvalue weighted by molar-refractivity contribution is 7.90. The third-order valence-electron chi connectivity index (χ3n) is 4.99. The number of rotatable bonds is 6. The topological polar surface area (TPSA) is 139 Å². The molecule has 1 saturated carbocycles. The van der Waals surface area contributed by atoms with Crippen molar-refractivity contribution in [2.45, 2.75) is 30.9 Å². The summed E-state index contributed by atoms with van der Waals surface area (Å²) < 4.78 is 25.9. The van der Waals surface area contributed by atoms with Gasteiger partial charge < -0.3 is 10.6 Å². The van der Waals surface area contributed by atoms with Crippen LogP contribution in [0.4, 0.5) is 11.4 Å². The van der Waals surface area contributed by atoms with Gasteiger partial charge in [-0.2, -0.15) is 0 Å². The molecule has 152 valence electrons. The van der Waals surface area contributed by atoms with Crippen molar-refractivity contribution in [1.29, 1.82) is 0 Å². The number of amides is 2. The van der Waals surface area contributed by atoms with Crippen LogP contribution in [0.2, 0.25) is 0 Å². The van der Waals surface area contributed by atoms with Crippen LogP contribution in [0.25, 0.3) is 0 Å². The molecule has 1 aromatic carbocycles. The van der Waals surface area contributed by atoms with Crippen molar-refractivity contribution < 1.29 is 22.9 Å². The van der Waals surface area contributed by atoms with Crippen molar-refractivity contribution in [3.05, 3.63) is 34.4 Å². The fourth-order valence-electron chi connectivity index (χ4n) is 3.18. The maximum Gasteiger partial charge on any atom is 0.313 e. The normalized spacial score (nSPS) is 18.4. The predicted octanol–water partition coefficient (Wildman–Crippen LogP) is 0.854. The molecule has 0 unspecified atom stereocenters. The molecule has 2 amide bonds. The molecule has 0 atom stereocenters. The largest absolute Gasteiger partial charge is 0.348 e. The van der Waals surface area contributed by atoms with Crippen molar-refractivity contribution in [3.63, 3.8) is 0 Å². The van der Waals surface area contributed by atoms with Gasteiger partial charge in [0, 0.05) is 25.7 Å². The quantitative estimate of drug-likeness (QED) is 0.405. The highest BCUT2D eigenvalue weighted by atomic mass is 32.2. The average Bonchev–Trinajstić information content (AvgIpc) is 3.52. The van der Waals surface area contributed by atoms with Crippen LogP contribution in [0.1, 0.15) is 25.7 Å². The molecule has 3 rings (SSSR count). The van der Waals surface area contributed by atoms with Crippen LogP contribution < -0.4 is 10.6 Å². The molecule has 0 bridgehead atoms. The van der Waals surface area contributed by atoms with Gasteiger partial charge in [0.15, 0.2) is 0 Å². The number of sulfonamides is 1. The minimum Gasteiger partial charge on any atom is -0.348 e. The monoisotopic (exact) mass is 410 g/mol. The number of piperidine rings is 1. The Morgan fingerprint density at radius 1 is 1.11 bits per heavy atom. The molecule has 28 heavy (non-hydrogen) atoms. The minimum atomic E-state index is -3.18. The van der Waals surface area contributed by atoms with E-state index in [-0.39, 0.29) is 29.1 Å². The van der Waals surface area contributed by atoms with Gasteiger partial charge >= 0.3 is 11.8 Å². The zero-order valence-electron chi connectivity index (χ0n) is 15.2. The number of carbonyl (C=O) groups excluding carboxylic acids is 2. The summed E-state index contributed by atoms with van der Waals surface area (Å²) in [5.74, 6) is -1.79. The van der Waals surface area contributed by atoms with Crippen LogP contribution in [0.3, 0.4) is 0 Å². The Hall–Kier alpha value is -2.53. The van der Waals surface area contributed by atoms with E-state index >= 15 is 0 Å². The Morgan fingerprint density at radius 2 is 1.75 bits per heavy atom. The molecular weight excluding hydrogens is 388 g/mol. The van der Waals surface area contributed by atoms with E-state index in [9.17, 15) is 28.1 Å². The highest BCUT2D eigenvalue weighted by Gasteiger charge is 2.41. The van der Waals surface area contributed by atoms with Crippen LogP contribution in [0, 0.1) is 16.0 Å². The summed E-state index contributed by atoms with van der Waals surface area (Å²) in [4.78, 5) is 34.3. The summed E-state index contributed by atoms with van der Waals surface area (Å²) in [7, 11) is -3.18. The molecule has 0 radical (unpaired) electrons. The zero-order valence-corrected chi connectivity index (χ0v) is 16.0. The van der Waals surface area contributed by atoms with E-state index in [4.69, 9.17) is 0 Å². The van der Waals surface area contributed by atoms with Crippen molar-refractivity contribution in [2.75, 3.05) is 25.0 Å². The lowest BCUT2D eigenvalue weighted by Gasteiger charge is -2.31. The van der Waals surface area contributed by atoms with Gasteiger partial charge in [-0.1, -0.05) is 12.1 Å². The predicted molar refractivity (Wildman–Crippen MR) is 101 cm³/mol. The number of carbonyl (C=O) groups is 2. The van der Waals surface area contributed by atoms with Gasteiger partial charge in [0.1, 0.15) is 5.69 Å². The fraction of sp³-hybridized carbons (Fsp3) is 0.529. The molecule has 1 aliphatic carbocycles. The molecule has 1 aliphatic heterocycles. The van der Waals surface area contributed by atoms with Crippen LogP contribution in [-0.2, 0) is 19.6 Å². The molecule has 2 fully saturated rings. The van der Waals surface area contributed by atoms with Crippen LogP contribution in [-0.4, -0.2) is 54.3 Å². The lowest BCUT2D eigenvalue weighted by atomic mass is 9.98. The molecule has 10 nitrogen and oxygen atoms in total. The number of hydrogen-bond acceptors (Lipinski definition) is 6. The second kappa shape index (κ2) is 8.23. The molecule has 2 aliphatic rings. The summed E-state index contributed by atoms with van der Waals surface area (Å²) in [6.45, 7) is 1.09. The smallest absolute Gasteiger partial charge is 0.313 e. The zero-order chi connectivity index (χ0) is 20.3. The van der Waals surface area contributed by atoms with E-state index in [1.807, 2.05) is 0 Å². The highest BCUT2D eigenvalue weighted by Crippen LogP contribution is 2.33. The van der Waals surface area contributed by atoms with E-state index in [0.29, 0.717) is 25.9 Å². The standard InChI is InChI=1S/C17H22N4O6S/c22-16(17(23)19-14-3-1-2-4-15(14)21(24)25)18-11-12-7-9-20(10-8-12)28(26,27)13-5-6-13/h1-4,12-13H,5-11H2,(H,18,22)(H,19,23). The molecule has 2 N–H and O–H groups in total. The SMILES string of the molecule is O=C(NCC1CCN(S(=O)(=O)C2CC2)CC1)C(=O)Nc1ccccc1[N+](=O)[O-]. The Kier molecular flexibility index (Phi) is 5.94. The average molecular weight is 410 g/mol. The van der Waals surface area contributed by atoms with Gasteiger partial charge in [-0.05, 0) is 37.7 Å². The third-order valence-corrected chi connectivity index (χ3v) is 7.38. The molecule has 1 aromatic rings. The lowest BCUT2D eigenvalue weighted by molar-refractivity contribution is -0.383. The van der Waals surface area contributed by atoms with E-state index in [2.05, 4.69) is 10.6 Å². The maximum atomic E-state index is 12.2. The van der Waals surface area contributed by atoms with Crippen molar-refractivity contribution in [2.24, 2.45) is 5.92 Å². The summed E-state index contributed by atoms with van der Waals surface area (Å²) >= 11 is 0. The number of nitrogens with one attached hydrogen (secondary N) is 2. The van der Waals surface area contributed by atoms with Crippen LogP contribution in [0.5, 0.6) is 0 Å². The summed E-state index contributed by atoms with van der Waals surface area (Å²) in [6, 6.07) is 5.56. The first-order chi connectivity index (χ1) is 13.3. The molecule has 1 heterocycles. The van der Waals surface area contributed by atoms with Crippen molar-refractivity contribution in [1.82, 2.24) is 9.62 Å². The Balaban J connectivity index is 1.46. The third kappa shape index (κ3) is 4.65. The number of nitro benzene ring substituents is 1. The van der Waals surface area contributed by atoms with Crippen molar-refractivity contribution in [3.8, 4) is 0 Å². The van der Waals surface area contributed by atoms with Gasteiger partial charge in [-0.15, -0.1) is 0 Å². The first kappa shape index (κ1) is 20.2. The second-order valence-electron chi connectivity index (χ2n) is 7.03. The first-order valence-electron chi connectivity index (χ1n) is 9.10. The lowest BCUT2D eigenvalue weighted by Crippen LogP contribution is -2.44. The van der Waals surface area contributed by atoms with E-state index in [1.165, 1.54) is 28.6 Å². The number of para-hydroxylation sites is 2. The van der Waals surface area contributed by atoms with Gasteiger partial charge in [0.2, 0.25) is 10.0 Å². The summed E-state index contributed by atoms with van der Waals surface area (Å²) in [5, 5.41) is 15.5. The number of benzene rings is 1. The molecule has 0 spiro atoms. The van der Waals surface area contributed by atoms with Gasteiger partial charge in [0.25, 0.3) is 5.69 Å². The van der Waals surface area contributed by atoms with E-state index in [0.717, 1.165) is 12.8 Å². The summed E-state index contributed by atoms with van der Waals surface area (Å²) in [6.07, 6.45) is 2.68. The Labute approximate surface area is 162 Å². The Morgan fingerprint density at radius 3 is 2.36 bits per heavy atom.